The summed E-state index contributed by atoms with van der Waals surface area (Å²) in [6, 6.07) is 5.90. The Labute approximate surface area is 194 Å². The molecule has 33 heavy (non-hydrogen) atoms. The Morgan fingerprint density at radius 3 is 2.79 bits per heavy atom. The van der Waals surface area contributed by atoms with Crippen LogP contribution in [-0.4, -0.2) is 66.3 Å². The van der Waals surface area contributed by atoms with Crippen molar-refractivity contribution in [3.05, 3.63) is 47.6 Å². The van der Waals surface area contributed by atoms with Crippen LogP contribution in [-0.2, 0) is 19.8 Å². The number of ketones is 1. The van der Waals surface area contributed by atoms with Crippen molar-refractivity contribution in [1.29, 1.82) is 0 Å². The minimum atomic E-state index is -0.507. The molecular formula is C26H31N3O4. The van der Waals surface area contributed by atoms with Crippen LogP contribution in [0.2, 0.25) is 0 Å². The number of ether oxygens (including phenoxy) is 1. The van der Waals surface area contributed by atoms with Gasteiger partial charge in [-0.25, -0.2) is 0 Å². The molecule has 1 N–H and O–H groups in total. The molecule has 1 aromatic rings. The number of fused-ring (bicyclic) bond motifs is 3. The summed E-state index contributed by atoms with van der Waals surface area (Å²) in [6.07, 6.45) is 11.0. The number of benzene rings is 1. The number of hydrogen-bond acceptors (Lipinski definition) is 5. The maximum absolute atomic E-state index is 12.8. The largest absolute Gasteiger partial charge is 0.488 e. The number of rotatable bonds is 0. The summed E-state index contributed by atoms with van der Waals surface area (Å²) in [4.78, 5) is 41.8. The van der Waals surface area contributed by atoms with Crippen molar-refractivity contribution in [2.45, 2.75) is 50.0 Å². The maximum Gasteiger partial charge on any atom is 0.247 e. The molecule has 1 saturated carbocycles. The third-order valence-corrected chi connectivity index (χ3v) is 7.32. The predicted molar refractivity (Wildman–Crippen MR) is 125 cm³/mol. The van der Waals surface area contributed by atoms with E-state index in [9.17, 15) is 14.4 Å². The molecule has 0 aromatic heterocycles. The Kier molecular flexibility index (Phi) is 6.06. The van der Waals surface area contributed by atoms with Crippen molar-refractivity contribution in [2.24, 2.45) is 0 Å². The molecule has 1 aromatic carbocycles. The molecule has 0 radical (unpaired) electrons. The van der Waals surface area contributed by atoms with E-state index in [0.717, 1.165) is 55.8 Å². The zero-order chi connectivity index (χ0) is 22.8. The van der Waals surface area contributed by atoms with E-state index >= 15 is 0 Å². The molecular weight excluding hydrogens is 418 g/mol. The quantitative estimate of drug-likeness (QED) is 0.658. The molecule has 1 saturated heterocycles. The zero-order valence-electron chi connectivity index (χ0n) is 18.9. The van der Waals surface area contributed by atoms with Crippen LogP contribution in [0, 0.1) is 0 Å². The van der Waals surface area contributed by atoms with Gasteiger partial charge in [-0.1, -0.05) is 12.1 Å². The van der Waals surface area contributed by atoms with Crippen LogP contribution >= 0.6 is 0 Å². The molecule has 7 nitrogen and oxygen atoms in total. The first kappa shape index (κ1) is 21.9. The summed E-state index contributed by atoms with van der Waals surface area (Å²) >= 11 is 0. The first-order chi connectivity index (χ1) is 16.0. The van der Waals surface area contributed by atoms with Gasteiger partial charge in [0.1, 0.15) is 17.6 Å². The minimum absolute atomic E-state index is 0.0283. The van der Waals surface area contributed by atoms with Crippen LogP contribution in [0.25, 0.3) is 6.08 Å². The average molecular weight is 450 g/mol. The smallest absolute Gasteiger partial charge is 0.247 e. The third-order valence-electron chi connectivity index (χ3n) is 7.32. The Hall–Kier alpha value is -2.93. The summed E-state index contributed by atoms with van der Waals surface area (Å²) in [5, 5.41) is 2.99. The van der Waals surface area contributed by atoms with E-state index in [4.69, 9.17) is 4.74 Å². The molecule has 4 aliphatic rings. The number of hydrogen-bond donors (Lipinski definition) is 1. The van der Waals surface area contributed by atoms with E-state index in [1.54, 1.807) is 12.2 Å². The van der Waals surface area contributed by atoms with Crippen LogP contribution in [0.5, 0.6) is 5.75 Å². The average Bonchev–Trinajstić information content (AvgIpc) is 3.13. The Balaban J connectivity index is 1.49. The number of nitrogens with zero attached hydrogens (tertiary/aromatic N) is 2. The van der Waals surface area contributed by atoms with E-state index in [-0.39, 0.29) is 23.7 Å². The second-order valence-electron chi connectivity index (χ2n) is 9.52. The molecule has 4 bridgehead atoms. The first-order valence-corrected chi connectivity index (χ1v) is 12.0. The third kappa shape index (κ3) is 4.47. The van der Waals surface area contributed by atoms with Gasteiger partial charge in [0.25, 0.3) is 0 Å². The molecule has 5 rings (SSSR count). The van der Waals surface area contributed by atoms with Crippen molar-refractivity contribution >= 4 is 23.7 Å². The number of nitrogens with one attached hydrogen (secondary N) is 1. The molecule has 174 valence electrons. The standard InChI is InChI=1S/C26H31N3O4/c30-20-8-10-26-11-9-24(31)27-12-1-2-13-28-14-3-15-29(18-28)25(32)7-5-19-4-6-22(21(26)16-19)33-23(26)17-20/h4-7,9,11,16,23H,1-3,8,10,12-15,17-18H2,(H,27,31)/b7-5+,11-9+. The molecule has 1 spiro atoms. The molecule has 3 aliphatic heterocycles. The highest BCUT2D eigenvalue weighted by Crippen LogP contribution is 2.51. The van der Waals surface area contributed by atoms with Crippen molar-refractivity contribution < 1.29 is 19.1 Å². The summed E-state index contributed by atoms with van der Waals surface area (Å²) in [5.41, 5.74) is 1.40. The number of carbonyl (C=O) groups excluding carboxylic acids is 3. The van der Waals surface area contributed by atoms with Gasteiger partial charge in [-0.05, 0) is 62.1 Å². The summed E-state index contributed by atoms with van der Waals surface area (Å²) in [5.74, 6) is 0.863. The molecule has 3 heterocycles. The molecule has 1 aliphatic carbocycles. The zero-order valence-corrected chi connectivity index (χ0v) is 18.9. The summed E-state index contributed by atoms with van der Waals surface area (Å²) < 4.78 is 6.19. The highest BCUT2D eigenvalue weighted by atomic mass is 16.5. The van der Waals surface area contributed by atoms with Gasteiger partial charge in [-0.15, -0.1) is 0 Å². The van der Waals surface area contributed by atoms with Gasteiger partial charge in [0.05, 0.1) is 12.1 Å². The van der Waals surface area contributed by atoms with Crippen molar-refractivity contribution in [1.82, 2.24) is 15.1 Å². The van der Waals surface area contributed by atoms with Gasteiger partial charge in [0.15, 0.2) is 0 Å². The fourth-order valence-electron chi connectivity index (χ4n) is 5.46. The Bertz CT molecular complexity index is 1020. The topological polar surface area (TPSA) is 79.0 Å². The van der Waals surface area contributed by atoms with Gasteiger partial charge in [0, 0.05) is 44.1 Å². The van der Waals surface area contributed by atoms with Gasteiger partial charge in [-0.2, -0.15) is 0 Å². The van der Waals surface area contributed by atoms with Gasteiger partial charge < -0.3 is 15.0 Å². The monoisotopic (exact) mass is 449 g/mol. The normalized spacial score (nSPS) is 32.1. The van der Waals surface area contributed by atoms with Crippen molar-refractivity contribution in [3.8, 4) is 5.75 Å². The molecule has 3 atom stereocenters. The lowest BCUT2D eigenvalue weighted by Crippen LogP contribution is -2.47. The number of carbonyl (C=O) groups is 3. The highest BCUT2D eigenvalue weighted by molar-refractivity contribution is 5.92. The van der Waals surface area contributed by atoms with Crippen LogP contribution in [0.4, 0.5) is 0 Å². The molecule has 2 fully saturated rings. The number of amides is 2. The lowest BCUT2D eigenvalue weighted by molar-refractivity contribution is -0.130. The van der Waals surface area contributed by atoms with Crippen molar-refractivity contribution in [3.63, 3.8) is 0 Å². The minimum Gasteiger partial charge on any atom is -0.488 e. The number of Topliss-reactive ketones (excluding diaryl/α,β-unsaturated/α-hetero) is 1. The molecule has 7 heteroatoms. The molecule has 2 amide bonds. The maximum atomic E-state index is 12.8. The lowest BCUT2D eigenvalue weighted by atomic mass is 9.68. The second kappa shape index (κ2) is 9.14. The van der Waals surface area contributed by atoms with E-state index in [0.29, 0.717) is 32.5 Å². The first-order valence-electron chi connectivity index (χ1n) is 12.0. The van der Waals surface area contributed by atoms with Gasteiger partial charge in [0.2, 0.25) is 11.8 Å². The van der Waals surface area contributed by atoms with E-state index in [1.807, 2.05) is 35.3 Å². The van der Waals surface area contributed by atoms with E-state index in [1.165, 1.54) is 0 Å². The van der Waals surface area contributed by atoms with Crippen LogP contribution < -0.4 is 10.1 Å². The fourth-order valence-corrected chi connectivity index (χ4v) is 5.46. The van der Waals surface area contributed by atoms with Crippen molar-refractivity contribution in [2.75, 3.05) is 32.8 Å². The van der Waals surface area contributed by atoms with E-state index < -0.39 is 5.41 Å². The Morgan fingerprint density at radius 1 is 1.00 bits per heavy atom. The van der Waals surface area contributed by atoms with Gasteiger partial charge in [-0.3, -0.25) is 19.3 Å². The SMILES string of the molecule is O=C1CCC23/C=C/C(=O)NCCCCN4CCCN(C4)C(=O)/C=C/c4ccc(c2c4)OC3C1. The summed E-state index contributed by atoms with van der Waals surface area (Å²) in [6.45, 7) is 3.96. The fraction of sp³-hybridized carbons (Fsp3) is 0.500. The molecule has 3 unspecified atom stereocenters. The Morgan fingerprint density at radius 2 is 1.88 bits per heavy atom. The van der Waals surface area contributed by atoms with Crippen LogP contribution in [0.3, 0.4) is 0 Å². The summed E-state index contributed by atoms with van der Waals surface area (Å²) in [7, 11) is 0. The predicted octanol–water partition coefficient (Wildman–Crippen LogP) is 2.41. The highest BCUT2D eigenvalue weighted by Gasteiger charge is 2.50. The van der Waals surface area contributed by atoms with Crippen LogP contribution in [0.15, 0.2) is 36.4 Å². The van der Waals surface area contributed by atoms with E-state index in [2.05, 4.69) is 10.2 Å². The second-order valence-corrected chi connectivity index (χ2v) is 9.52. The van der Waals surface area contributed by atoms with Gasteiger partial charge >= 0.3 is 0 Å². The lowest BCUT2D eigenvalue weighted by Gasteiger charge is -2.35. The van der Waals surface area contributed by atoms with Crippen LogP contribution in [0.1, 0.15) is 49.7 Å².